The molecule has 0 radical (unpaired) electrons. The van der Waals surface area contributed by atoms with Crippen molar-refractivity contribution in [2.75, 3.05) is 33.4 Å². The Bertz CT molecular complexity index is 726. The molecule has 3 rings (SSSR count). The maximum absolute atomic E-state index is 12.5. The molecule has 2 heterocycles. The number of carbonyl (C=O) groups excluding carboxylic acids is 1. The molecule has 1 amide bonds. The van der Waals surface area contributed by atoms with E-state index in [-0.39, 0.29) is 18.3 Å². The summed E-state index contributed by atoms with van der Waals surface area (Å²) in [7, 11) is 1.63. The van der Waals surface area contributed by atoms with Gasteiger partial charge in [-0.05, 0) is 56.0 Å². The summed E-state index contributed by atoms with van der Waals surface area (Å²) in [5.74, 6) is 0.638. The van der Waals surface area contributed by atoms with Crippen LogP contribution in [0.25, 0.3) is 10.9 Å². The van der Waals surface area contributed by atoms with Crippen LogP contribution in [0.5, 0.6) is 0 Å². The summed E-state index contributed by atoms with van der Waals surface area (Å²) < 4.78 is 7.06. The number of rotatable bonds is 7. The normalized spacial score (nSPS) is 15.0. The first kappa shape index (κ1) is 20.7. The molecular formula is C19H29ClN4O2. The fourth-order valence-corrected chi connectivity index (χ4v) is 3.58. The van der Waals surface area contributed by atoms with Gasteiger partial charge in [0.1, 0.15) is 0 Å². The highest BCUT2D eigenvalue weighted by Gasteiger charge is 2.17. The molecule has 0 unspecified atom stereocenters. The molecule has 26 heavy (non-hydrogen) atoms. The molecule has 2 N–H and O–H groups in total. The number of aromatic nitrogens is 2. The number of methoxy groups -OCH3 is 1. The Labute approximate surface area is 161 Å². The van der Waals surface area contributed by atoms with Gasteiger partial charge in [0.05, 0.1) is 12.1 Å². The number of fused-ring (bicyclic) bond motifs is 1. The van der Waals surface area contributed by atoms with Crippen LogP contribution in [0, 0.1) is 5.92 Å². The van der Waals surface area contributed by atoms with Crippen molar-refractivity contribution in [2.45, 2.75) is 32.7 Å². The summed E-state index contributed by atoms with van der Waals surface area (Å²) in [6.45, 7) is 6.27. The molecule has 2 aromatic rings. The maximum atomic E-state index is 12.5. The smallest absolute Gasteiger partial charge is 0.251 e. The second-order valence-corrected chi connectivity index (χ2v) is 6.67. The minimum atomic E-state index is -0.0399. The molecule has 1 aliphatic rings. The molecule has 6 nitrogen and oxygen atoms in total. The van der Waals surface area contributed by atoms with Gasteiger partial charge in [-0.2, -0.15) is 5.10 Å². The number of halogens is 1. The molecule has 0 spiro atoms. The van der Waals surface area contributed by atoms with Crippen LogP contribution in [-0.2, 0) is 17.7 Å². The summed E-state index contributed by atoms with van der Waals surface area (Å²) in [6, 6.07) is 3.85. The molecule has 0 saturated carbocycles. The number of nitrogens with one attached hydrogen (secondary N) is 2. The first-order valence-corrected chi connectivity index (χ1v) is 9.19. The Balaban J connectivity index is 0.00000243. The van der Waals surface area contributed by atoms with E-state index in [1.807, 2.05) is 12.1 Å². The van der Waals surface area contributed by atoms with Crippen LogP contribution in [-0.4, -0.2) is 49.0 Å². The predicted molar refractivity (Wildman–Crippen MR) is 106 cm³/mol. The highest BCUT2D eigenvalue weighted by Crippen LogP contribution is 2.24. The molecule has 1 aliphatic heterocycles. The van der Waals surface area contributed by atoms with Crippen molar-refractivity contribution in [3.63, 3.8) is 0 Å². The minimum absolute atomic E-state index is 0. The minimum Gasteiger partial charge on any atom is -0.383 e. The fourth-order valence-electron chi connectivity index (χ4n) is 3.58. The molecule has 0 aliphatic carbocycles. The number of hydrogen-bond donors (Lipinski definition) is 2. The van der Waals surface area contributed by atoms with Crippen molar-refractivity contribution in [1.82, 2.24) is 20.4 Å². The molecule has 0 bridgehead atoms. The summed E-state index contributed by atoms with van der Waals surface area (Å²) in [4.78, 5) is 12.5. The van der Waals surface area contributed by atoms with E-state index in [0.717, 1.165) is 48.1 Å². The van der Waals surface area contributed by atoms with Crippen LogP contribution < -0.4 is 10.6 Å². The second kappa shape index (κ2) is 9.90. The summed E-state index contributed by atoms with van der Waals surface area (Å²) >= 11 is 0. The third kappa shape index (κ3) is 4.75. The third-order valence-electron chi connectivity index (χ3n) is 4.94. The number of amides is 1. The molecule has 1 saturated heterocycles. The van der Waals surface area contributed by atoms with Crippen molar-refractivity contribution in [3.05, 3.63) is 29.5 Å². The highest BCUT2D eigenvalue weighted by molar-refractivity contribution is 6.00. The Morgan fingerprint density at radius 2 is 2.15 bits per heavy atom. The number of piperidine rings is 1. The lowest BCUT2D eigenvalue weighted by Crippen LogP contribution is -2.29. The van der Waals surface area contributed by atoms with Gasteiger partial charge in [-0.15, -0.1) is 12.4 Å². The number of nitrogens with zero attached hydrogens (tertiary/aromatic N) is 2. The molecule has 1 aromatic heterocycles. The predicted octanol–water partition coefficient (Wildman–Crippen LogP) is 2.40. The van der Waals surface area contributed by atoms with Crippen LogP contribution in [0.4, 0.5) is 0 Å². The molecule has 144 valence electrons. The number of benzene rings is 1. The van der Waals surface area contributed by atoms with Crippen molar-refractivity contribution in [2.24, 2.45) is 5.92 Å². The molecule has 1 fully saturated rings. The van der Waals surface area contributed by atoms with Crippen molar-refractivity contribution < 1.29 is 9.53 Å². The van der Waals surface area contributed by atoms with Gasteiger partial charge in [0.15, 0.2) is 0 Å². The third-order valence-corrected chi connectivity index (χ3v) is 4.94. The van der Waals surface area contributed by atoms with Gasteiger partial charge in [-0.25, -0.2) is 0 Å². The Morgan fingerprint density at radius 3 is 2.85 bits per heavy atom. The van der Waals surface area contributed by atoms with E-state index in [9.17, 15) is 4.79 Å². The topological polar surface area (TPSA) is 68.2 Å². The van der Waals surface area contributed by atoms with E-state index in [0.29, 0.717) is 19.1 Å². The van der Waals surface area contributed by atoms with Gasteiger partial charge in [0.2, 0.25) is 0 Å². The average Bonchev–Trinajstić information content (AvgIpc) is 3.04. The van der Waals surface area contributed by atoms with Gasteiger partial charge in [-0.3, -0.25) is 9.48 Å². The van der Waals surface area contributed by atoms with E-state index in [4.69, 9.17) is 9.84 Å². The Kier molecular flexibility index (Phi) is 7.87. The Hall–Kier alpha value is -1.63. The van der Waals surface area contributed by atoms with E-state index < -0.39 is 0 Å². The van der Waals surface area contributed by atoms with Gasteiger partial charge in [-0.1, -0.05) is 6.92 Å². The van der Waals surface area contributed by atoms with Crippen LogP contribution >= 0.6 is 12.4 Å². The quantitative estimate of drug-likeness (QED) is 0.724. The Morgan fingerprint density at radius 1 is 1.38 bits per heavy atom. The summed E-state index contributed by atoms with van der Waals surface area (Å²) in [5.41, 5.74) is 2.79. The average molecular weight is 381 g/mol. The van der Waals surface area contributed by atoms with E-state index in [1.165, 1.54) is 12.8 Å². The van der Waals surface area contributed by atoms with E-state index >= 15 is 0 Å². The lowest BCUT2D eigenvalue weighted by atomic mass is 9.98. The van der Waals surface area contributed by atoms with Crippen LogP contribution in [0.3, 0.4) is 0 Å². The standard InChI is InChI=1S/C19H28N4O2.ClH/c1-3-15-16(19(24)21-10-11-25-2)4-5-18-17(15)13-23(22-18)12-14-6-8-20-9-7-14;/h4-5,13-14,20H,3,6-12H2,1-2H3,(H,21,24);1H. The van der Waals surface area contributed by atoms with Gasteiger partial charge < -0.3 is 15.4 Å². The lowest BCUT2D eigenvalue weighted by Gasteiger charge is -2.22. The summed E-state index contributed by atoms with van der Waals surface area (Å²) in [5, 5.41) is 12.1. The van der Waals surface area contributed by atoms with E-state index in [2.05, 4.69) is 28.4 Å². The van der Waals surface area contributed by atoms with Gasteiger partial charge >= 0.3 is 0 Å². The van der Waals surface area contributed by atoms with Crippen molar-refractivity contribution in [3.8, 4) is 0 Å². The number of aryl methyl sites for hydroxylation is 1. The number of hydrogen-bond acceptors (Lipinski definition) is 4. The SMILES string of the molecule is CCc1c(C(=O)NCCOC)ccc2nn(CC3CCNCC3)cc12.Cl. The first-order valence-electron chi connectivity index (χ1n) is 9.19. The zero-order valence-corrected chi connectivity index (χ0v) is 16.4. The molecule has 7 heteroatoms. The number of ether oxygens (including phenoxy) is 1. The maximum Gasteiger partial charge on any atom is 0.251 e. The van der Waals surface area contributed by atoms with Crippen molar-refractivity contribution in [1.29, 1.82) is 0 Å². The lowest BCUT2D eigenvalue weighted by molar-refractivity contribution is 0.0936. The summed E-state index contributed by atoms with van der Waals surface area (Å²) in [6.07, 6.45) is 5.32. The number of carbonyl (C=O) groups is 1. The largest absolute Gasteiger partial charge is 0.383 e. The van der Waals surface area contributed by atoms with Crippen LogP contribution in [0.1, 0.15) is 35.7 Å². The second-order valence-electron chi connectivity index (χ2n) is 6.67. The van der Waals surface area contributed by atoms with Crippen LogP contribution in [0.15, 0.2) is 18.3 Å². The zero-order chi connectivity index (χ0) is 17.6. The zero-order valence-electron chi connectivity index (χ0n) is 15.6. The molecule has 0 atom stereocenters. The molecule has 1 aromatic carbocycles. The van der Waals surface area contributed by atoms with Crippen molar-refractivity contribution >= 4 is 29.2 Å². The van der Waals surface area contributed by atoms with Gasteiger partial charge in [0, 0.05) is 37.3 Å². The fraction of sp³-hybridized carbons (Fsp3) is 0.579. The van der Waals surface area contributed by atoms with Gasteiger partial charge in [0.25, 0.3) is 5.91 Å². The monoisotopic (exact) mass is 380 g/mol. The first-order chi connectivity index (χ1) is 12.2. The van der Waals surface area contributed by atoms with E-state index in [1.54, 1.807) is 7.11 Å². The molecular weight excluding hydrogens is 352 g/mol. The van der Waals surface area contributed by atoms with Crippen LogP contribution in [0.2, 0.25) is 0 Å². The highest BCUT2D eigenvalue weighted by atomic mass is 35.5.